The first kappa shape index (κ1) is 18.2. The Kier molecular flexibility index (Phi) is 4.49. The summed E-state index contributed by atoms with van der Waals surface area (Å²) in [6.45, 7) is 3.83. The molecule has 0 atom stereocenters. The Bertz CT molecular complexity index is 1070. The Morgan fingerprint density at radius 2 is 1.48 bits per heavy atom. The quantitative estimate of drug-likeness (QED) is 0.679. The number of anilines is 1. The molecule has 5 rings (SSSR count). The molecule has 0 spiro atoms. The Hall–Kier alpha value is -2.89. The lowest BCUT2D eigenvalue weighted by Crippen LogP contribution is -3.16. The monoisotopic (exact) mass is 406 g/mol. The van der Waals surface area contributed by atoms with Crippen LogP contribution in [0, 0.1) is 0 Å². The van der Waals surface area contributed by atoms with Crippen molar-refractivity contribution in [3.63, 3.8) is 0 Å². The topological polar surface area (TPSA) is 45.1 Å². The highest BCUT2D eigenvalue weighted by Crippen LogP contribution is 2.29. The molecule has 0 aliphatic carbocycles. The summed E-state index contributed by atoms with van der Waals surface area (Å²) in [5, 5.41) is 2.44. The highest BCUT2D eigenvalue weighted by molar-refractivity contribution is 6.30. The number of halogens is 1. The van der Waals surface area contributed by atoms with E-state index in [-0.39, 0.29) is 11.8 Å². The van der Waals surface area contributed by atoms with Gasteiger partial charge in [0.25, 0.3) is 11.8 Å². The molecule has 3 aromatic rings. The van der Waals surface area contributed by atoms with Gasteiger partial charge >= 0.3 is 0 Å². The van der Waals surface area contributed by atoms with Gasteiger partial charge in [0.2, 0.25) is 0 Å². The zero-order valence-corrected chi connectivity index (χ0v) is 16.7. The second-order valence-electron chi connectivity index (χ2n) is 7.62. The van der Waals surface area contributed by atoms with Crippen LogP contribution in [0.3, 0.4) is 0 Å². The number of rotatable bonds is 3. The van der Waals surface area contributed by atoms with E-state index in [1.807, 2.05) is 54.6 Å². The predicted octanol–water partition coefficient (Wildman–Crippen LogP) is 2.45. The van der Waals surface area contributed by atoms with Gasteiger partial charge in [-0.3, -0.25) is 9.59 Å². The van der Waals surface area contributed by atoms with E-state index in [0.29, 0.717) is 17.8 Å². The van der Waals surface area contributed by atoms with E-state index in [0.717, 1.165) is 47.7 Å². The number of carbonyl (C=O) groups is 2. The molecule has 29 heavy (non-hydrogen) atoms. The molecule has 0 saturated carbocycles. The first-order valence-electron chi connectivity index (χ1n) is 9.84. The molecule has 0 unspecified atom stereocenters. The Morgan fingerprint density at radius 3 is 2.10 bits per heavy atom. The third kappa shape index (κ3) is 3.16. The molecule has 0 bridgehead atoms. The van der Waals surface area contributed by atoms with Crippen LogP contribution >= 0.6 is 11.6 Å². The molecule has 6 heteroatoms. The van der Waals surface area contributed by atoms with E-state index in [9.17, 15) is 9.59 Å². The molecular formula is C23H21ClN3O2+. The second-order valence-corrected chi connectivity index (χ2v) is 8.06. The van der Waals surface area contributed by atoms with Gasteiger partial charge in [-0.1, -0.05) is 41.9 Å². The largest absolute Gasteiger partial charge is 0.360 e. The van der Waals surface area contributed by atoms with Crippen molar-refractivity contribution in [2.45, 2.75) is 0 Å². The van der Waals surface area contributed by atoms with Gasteiger partial charge in [0.15, 0.2) is 6.67 Å². The maximum Gasteiger partial charge on any atom is 0.265 e. The predicted molar refractivity (Wildman–Crippen MR) is 114 cm³/mol. The van der Waals surface area contributed by atoms with Crippen molar-refractivity contribution >= 4 is 39.9 Å². The highest BCUT2D eigenvalue weighted by Gasteiger charge is 2.35. The van der Waals surface area contributed by atoms with Crippen molar-refractivity contribution in [2.75, 3.05) is 37.7 Å². The van der Waals surface area contributed by atoms with Crippen molar-refractivity contribution < 1.29 is 14.5 Å². The Labute approximate surface area is 174 Å². The van der Waals surface area contributed by atoms with Gasteiger partial charge in [-0.15, -0.1) is 0 Å². The zero-order valence-electron chi connectivity index (χ0n) is 15.9. The fraction of sp³-hybridized carbons (Fsp3) is 0.217. The lowest BCUT2D eigenvalue weighted by molar-refractivity contribution is -0.907. The smallest absolute Gasteiger partial charge is 0.265 e. The fourth-order valence-electron chi connectivity index (χ4n) is 4.36. The number of hydrogen-bond donors (Lipinski definition) is 1. The standard InChI is InChI=1S/C23H20ClN3O2/c24-17-6-3-7-18(14-17)26-12-10-25(11-13-26)15-27-22(28)19-8-1-4-16-5-2-9-20(21(16)19)23(27)29/h1-9,14H,10-13,15H2/p+1. The highest BCUT2D eigenvalue weighted by atomic mass is 35.5. The molecule has 0 aromatic heterocycles. The number of piperazine rings is 1. The number of imide groups is 1. The van der Waals surface area contributed by atoms with Gasteiger partial charge in [-0.05, 0) is 35.7 Å². The van der Waals surface area contributed by atoms with E-state index < -0.39 is 0 Å². The minimum atomic E-state index is -0.191. The SMILES string of the molecule is O=C1c2cccc3cccc(c23)C(=O)N1C[NH+]1CCN(c2cccc(Cl)c2)CC1. The fourth-order valence-corrected chi connectivity index (χ4v) is 4.54. The molecule has 5 nitrogen and oxygen atoms in total. The third-order valence-corrected chi connectivity index (χ3v) is 6.12. The molecule has 0 radical (unpaired) electrons. The third-order valence-electron chi connectivity index (χ3n) is 5.88. The molecule has 2 aliphatic rings. The molecular weight excluding hydrogens is 386 g/mol. The first-order valence-corrected chi connectivity index (χ1v) is 10.2. The van der Waals surface area contributed by atoms with E-state index in [1.54, 1.807) is 0 Å². The van der Waals surface area contributed by atoms with E-state index in [1.165, 1.54) is 9.80 Å². The van der Waals surface area contributed by atoms with Crippen molar-refractivity contribution in [1.82, 2.24) is 4.90 Å². The summed E-state index contributed by atoms with van der Waals surface area (Å²) >= 11 is 6.11. The number of quaternary nitrogens is 1. The maximum atomic E-state index is 13.1. The molecule has 1 N–H and O–H groups in total. The summed E-state index contributed by atoms with van der Waals surface area (Å²) in [7, 11) is 0. The average molecular weight is 407 g/mol. The molecule has 2 amide bonds. The molecule has 2 aliphatic heterocycles. The summed E-state index contributed by atoms with van der Waals surface area (Å²) in [5.74, 6) is -0.381. The lowest BCUT2D eigenvalue weighted by atomic mass is 9.94. The van der Waals surface area contributed by atoms with E-state index in [4.69, 9.17) is 11.6 Å². The zero-order chi connectivity index (χ0) is 20.0. The Morgan fingerprint density at radius 1 is 0.862 bits per heavy atom. The number of nitrogens with one attached hydrogen (secondary N) is 1. The molecule has 1 fully saturated rings. The summed E-state index contributed by atoms with van der Waals surface area (Å²) < 4.78 is 0. The molecule has 2 heterocycles. The van der Waals surface area contributed by atoms with E-state index >= 15 is 0 Å². The summed E-state index contributed by atoms with van der Waals surface area (Å²) in [5.41, 5.74) is 2.35. The maximum absolute atomic E-state index is 13.1. The van der Waals surface area contributed by atoms with Crippen LogP contribution in [0.15, 0.2) is 60.7 Å². The van der Waals surface area contributed by atoms with Crippen molar-refractivity contribution in [1.29, 1.82) is 0 Å². The normalized spacial score (nSPS) is 17.3. The van der Waals surface area contributed by atoms with Crippen LogP contribution in [-0.4, -0.2) is 49.6 Å². The molecule has 1 saturated heterocycles. The molecule has 146 valence electrons. The van der Waals surface area contributed by atoms with Crippen LogP contribution < -0.4 is 9.80 Å². The minimum Gasteiger partial charge on any atom is -0.360 e. The van der Waals surface area contributed by atoms with Crippen LogP contribution in [0.25, 0.3) is 10.8 Å². The van der Waals surface area contributed by atoms with Gasteiger partial charge < -0.3 is 9.80 Å². The second kappa shape index (κ2) is 7.17. The van der Waals surface area contributed by atoms with Gasteiger partial charge in [-0.25, -0.2) is 4.90 Å². The lowest BCUT2D eigenvalue weighted by Gasteiger charge is -2.36. The number of hydrogen-bond acceptors (Lipinski definition) is 3. The van der Waals surface area contributed by atoms with Gasteiger partial charge in [0, 0.05) is 27.2 Å². The minimum absolute atomic E-state index is 0.191. The number of nitrogens with zero attached hydrogens (tertiary/aromatic N) is 2. The number of carbonyl (C=O) groups excluding carboxylic acids is 2. The van der Waals surface area contributed by atoms with Gasteiger partial charge in [0.05, 0.1) is 26.2 Å². The van der Waals surface area contributed by atoms with Crippen LogP contribution in [-0.2, 0) is 0 Å². The Balaban J connectivity index is 1.33. The van der Waals surface area contributed by atoms with Crippen molar-refractivity contribution in [3.05, 3.63) is 76.8 Å². The number of amides is 2. The first-order chi connectivity index (χ1) is 14.1. The number of benzene rings is 3. The van der Waals surface area contributed by atoms with Crippen LogP contribution in [0.1, 0.15) is 20.7 Å². The average Bonchev–Trinajstić information content (AvgIpc) is 2.75. The van der Waals surface area contributed by atoms with Gasteiger partial charge in [0.1, 0.15) is 0 Å². The van der Waals surface area contributed by atoms with E-state index in [2.05, 4.69) is 11.0 Å². The summed E-state index contributed by atoms with van der Waals surface area (Å²) in [6, 6.07) is 19.2. The summed E-state index contributed by atoms with van der Waals surface area (Å²) in [6.07, 6.45) is 0. The van der Waals surface area contributed by atoms with Crippen LogP contribution in [0.5, 0.6) is 0 Å². The van der Waals surface area contributed by atoms with Gasteiger partial charge in [-0.2, -0.15) is 0 Å². The molecule has 3 aromatic carbocycles. The van der Waals surface area contributed by atoms with Crippen molar-refractivity contribution in [3.8, 4) is 0 Å². The van der Waals surface area contributed by atoms with Crippen LogP contribution in [0.4, 0.5) is 5.69 Å². The summed E-state index contributed by atoms with van der Waals surface area (Å²) in [4.78, 5) is 31.1. The van der Waals surface area contributed by atoms with Crippen LogP contribution in [0.2, 0.25) is 5.02 Å². The van der Waals surface area contributed by atoms with Crippen molar-refractivity contribution in [2.24, 2.45) is 0 Å².